The normalized spacial score (nSPS) is 11.5. The number of aromatic nitrogens is 3. The number of hydrogen-bond acceptors (Lipinski definition) is 3. The van der Waals surface area contributed by atoms with E-state index in [-0.39, 0.29) is 0 Å². The fourth-order valence-electron chi connectivity index (χ4n) is 2.04. The molecule has 0 atom stereocenters. The zero-order valence-electron chi connectivity index (χ0n) is 11.3. The van der Waals surface area contributed by atoms with E-state index in [1.807, 2.05) is 29.1 Å². The van der Waals surface area contributed by atoms with Gasteiger partial charge >= 0.3 is 0 Å². The van der Waals surface area contributed by atoms with E-state index >= 15 is 0 Å². The van der Waals surface area contributed by atoms with Gasteiger partial charge in [0.1, 0.15) is 11.0 Å². The summed E-state index contributed by atoms with van der Waals surface area (Å²) in [4.78, 5) is 4.07. The van der Waals surface area contributed by atoms with Crippen LogP contribution < -0.4 is 0 Å². The number of hydrogen-bond donors (Lipinski definition) is 0. The average Bonchev–Trinajstić information content (AvgIpc) is 2.75. The molecular weight excluding hydrogens is 224 g/mol. The Hall–Kier alpha value is -1.42. The lowest BCUT2D eigenvalue weighted by molar-refractivity contribution is 0.386. The topological polar surface area (TPSA) is 34.0 Å². The summed E-state index contributed by atoms with van der Waals surface area (Å²) in [7, 11) is 4.25. The minimum atomic E-state index is 0.927. The van der Waals surface area contributed by atoms with Crippen molar-refractivity contribution in [2.24, 2.45) is 0 Å². The molecule has 1 aromatic carbocycles. The zero-order valence-corrected chi connectivity index (χ0v) is 11.3. The third kappa shape index (κ3) is 3.81. The smallest absolute Gasteiger partial charge is 0.113 e. The Morgan fingerprint density at radius 2 is 1.56 bits per heavy atom. The van der Waals surface area contributed by atoms with Crippen LogP contribution in [-0.2, 0) is 6.54 Å². The molecule has 0 radical (unpaired) electrons. The Balaban J connectivity index is 1.70. The lowest BCUT2D eigenvalue weighted by Gasteiger charge is -2.08. The van der Waals surface area contributed by atoms with Gasteiger partial charge < -0.3 is 4.90 Å². The van der Waals surface area contributed by atoms with Gasteiger partial charge in [0, 0.05) is 0 Å². The van der Waals surface area contributed by atoms with Crippen LogP contribution in [0.2, 0.25) is 0 Å². The van der Waals surface area contributed by atoms with Crippen molar-refractivity contribution in [2.75, 3.05) is 20.6 Å². The maximum absolute atomic E-state index is 4.46. The standard InChI is InChI=1S/C14H22N4/c1-17(2)11-7-3-4-8-12-18-15-13-9-5-6-10-14(13)16-18/h5-6,9-10H,3-4,7-8,11-12H2,1-2H3. The number of nitrogens with zero attached hydrogens (tertiary/aromatic N) is 4. The summed E-state index contributed by atoms with van der Waals surface area (Å²) < 4.78 is 0. The predicted molar refractivity (Wildman–Crippen MR) is 74.6 cm³/mol. The summed E-state index contributed by atoms with van der Waals surface area (Å²) in [5.41, 5.74) is 1.98. The molecule has 4 heteroatoms. The molecular formula is C14H22N4. The lowest BCUT2D eigenvalue weighted by atomic mass is 10.2. The first-order valence-electron chi connectivity index (χ1n) is 6.70. The third-order valence-corrected chi connectivity index (χ3v) is 3.04. The fraction of sp³-hybridized carbons (Fsp3) is 0.571. The van der Waals surface area contributed by atoms with E-state index in [0.717, 1.165) is 24.0 Å². The molecule has 2 aromatic rings. The number of fused-ring (bicyclic) bond motifs is 1. The molecule has 1 heterocycles. The van der Waals surface area contributed by atoms with E-state index in [0.29, 0.717) is 0 Å². The molecule has 0 aliphatic heterocycles. The molecule has 2 rings (SSSR count). The van der Waals surface area contributed by atoms with Crippen molar-refractivity contribution in [3.8, 4) is 0 Å². The maximum Gasteiger partial charge on any atom is 0.113 e. The lowest BCUT2D eigenvalue weighted by Crippen LogP contribution is -2.12. The van der Waals surface area contributed by atoms with Gasteiger partial charge in [-0.05, 0) is 45.6 Å². The third-order valence-electron chi connectivity index (χ3n) is 3.04. The van der Waals surface area contributed by atoms with Gasteiger partial charge in [0.2, 0.25) is 0 Å². The number of aryl methyl sites for hydroxylation is 1. The van der Waals surface area contributed by atoms with Gasteiger partial charge in [-0.1, -0.05) is 25.0 Å². The first kappa shape index (κ1) is 13.0. The summed E-state index contributed by atoms with van der Waals surface area (Å²) >= 11 is 0. The second-order valence-corrected chi connectivity index (χ2v) is 5.00. The van der Waals surface area contributed by atoms with E-state index in [1.54, 1.807) is 0 Å². The minimum Gasteiger partial charge on any atom is -0.309 e. The molecule has 0 aliphatic carbocycles. The number of rotatable bonds is 7. The van der Waals surface area contributed by atoms with Crippen molar-refractivity contribution >= 4 is 11.0 Å². The molecule has 0 spiro atoms. The van der Waals surface area contributed by atoms with Gasteiger partial charge in [0.15, 0.2) is 0 Å². The second kappa shape index (κ2) is 6.50. The summed E-state index contributed by atoms with van der Waals surface area (Å²) in [6.45, 7) is 2.11. The van der Waals surface area contributed by atoms with Crippen molar-refractivity contribution in [2.45, 2.75) is 32.2 Å². The maximum atomic E-state index is 4.46. The minimum absolute atomic E-state index is 0.927. The van der Waals surface area contributed by atoms with E-state index in [1.165, 1.54) is 25.8 Å². The highest BCUT2D eigenvalue weighted by Gasteiger charge is 2.00. The zero-order chi connectivity index (χ0) is 12.8. The van der Waals surface area contributed by atoms with E-state index in [9.17, 15) is 0 Å². The van der Waals surface area contributed by atoms with Crippen molar-refractivity contribution in [1.29, 1.82) is 0 Å². The highest BCUT2D eigenvalue weighted by Crippen LogP contribution is 2.08. The Morgan fingerprint density at radius 3 is 2.17 bits per heavy atom. The molecule has 4 nitrogen and oxygen atoms in total. The van der Waals surface area contributed by atoms with Gasteiger partial charge in [-0.25, -0.2) is 0 Å². The van der Waals surface area contributed by atoms with Crippen molar-refractivity contribution in [1.82, 2.24) is 19.9 Å². The van der Waals surface area contributed by atoms with E-state index in [2.05, 4.69) is 29.2 Å². The van der Waals surface area contributed by atoms with Crippen LogP contribution in [0.5, 0.6) is 0 Å². The van der Waals surface area contributed by atoms with Crippen LogP contribution >= 0.6 is 0 Å². The molecule has 18 heavy (non-hydrogen) atoms. The second-order valence-electron chi connectivity index (χ2n) is 5.00. The molecule has 1 aromatic heterocycles. The molecule has 0 saturated carbocycles. The fourth-order valence-corrected chi connectivity index (χ4v) is 2.04. The Labute approximate surface area is 109 Å². The Bertz CT molecular complexity index is 442. The monoisotopic (exact) mass is 246 g/mol. The van der Waals surface area contributed by atoms with Crippen molar-refractivity contribution < 1.29 is 0 Å². The van der Waals surface area contributed by atoms with Crippen LogP contribution in [0.25, 0.3) is 11.0 Å². The largest absolute Gasteiger partial charge is 0.309 e. The van der Waals surface area contributed by atoms with Crippen LogP contribution in [0.15, 0.2) is 24.3 Å². The van der Waals surface area contributed by atoms with Crippen LogP contribution in [0.1, 0.15) is 25.7 Å². The van der Waals surface area contributed by atoms with Crippen molar-refractivity contribution in [3.05, 3.63) is 24.3 Å². The van der Waals surface area contributed by atoms with Crippen LogP contribution in [0.3, 0.4) is 0 Å². The highest BCUT2D eigenvalue weighted by molar-refractivity contribution is 5.72. The number of benzene rings is 1. The summed E-state index contributed by atoms with van der Waals surface area (Å²) in [5.74, 6) is 0. The molecule has 0 bridgehead atoms. The molecule has 0 saturated heterocycles. The van der Waals surface area contributed by atoms with Gasteiger partial charge in [-0.3, -0.25) is 0 Å². The average molecular weight is 246 g/mol. The molecule has 0 aliphatic rings. The first-order valence-corrected chi connectivity index (χ1v) is 6.70. The molecule has 0 fully saturated rings. The predicted octanol–water partition coefficient (Wildman–Crippen LogP) is 2.55. The quantitative estimate of drug-likeness (QED) is 0.704. The Morgan fingerprint density at radius 1 is 0.944 bits per heavy atom. The van der Waals surface area contributed by atoms with Crippen LogP contribution in [-0.4, -0.2) is 40.5 Å². The van der Waals surface area contributed by atoms with Gasteiger partial charge in [0.25, 0.3) is 0 Å². The van der Waals surface area contributed by atoms with Gasteiger partial charge in [-0.15, -0.1) is 0 Å². The summed E-state index contributed by atoms with van der Waals surface area (Å²) in [5, 5.41) is 8.91. The summed E-state index contributed by atoms with van der Waals surface area (Å²) in [6, 6.07) is 8.02. The molecule has 0 unspecified atom stereocenters. The Kier molecular flexibility index (Phi) is 4.70. The summed E-state index contributed by atoms with van der Waals surface area (Å²) in [6.07, 6.45) is 4.99. The van der Waals surface area contributed by atoms with Gasteiger partial charge in [-0.2, -0.15) is 15.0 Å². The SMILES string of the molecule is CN(C)CCCCCCn1nc2ccccc2n1. The van der Waals surface area contributed by atoms with Crippen molar-refractivity contribution in [3.63, 3.8) is 0 Å². The van der Waals surface area contributed by atoms with E-state index in [4.69, 9.17) is 0 Å². The molecule has 0 N–H and O–H groups in total. The van der Waals surface area contributed by atoms with Crippen LogP contribution in [0.4, 0.5) is 0 Å². The van der Waals surface area contributed by atoms with Crippen LogP contribution in [0, 0.1) is 0 Å². The highest BCUT2D eigenvalue weighted by atomic mass is 15.5. The first-order chi connectivity index (χ1) is 8.75. The molecule has 0 amide bonds. The van der Waals surface area contributed by atoms with Gasteiger partial charge in [0.05, 0.1) is 6.54 Å². The number of unbranched alkanes of at least 4 members (excludes halogenated alkanes) is 3. The molecule has 98 valence electrons. The van der Waals surface area contributed by atoms with E-state index < -0.39 is 0 Å².